The molecule has 0 heterocycles. The van der Waals surface area contributed by atoms with Crippen LogP contribution in [-0.2, 0) is 0 Å². The molecule has 1 atom stereocenters. The smallest absolute Gasteiger partial charge is 0.119 e. The number of rotatable bonds is 11. The van der Waals surface area contributed by atoms with Gasteiger partial charge in [-0.05, 0) is 68.8 Å². The lowest BCUT2D eigenvalue weighted by atomic mass is 9.99. The Morgan fingerprint density at radius 1 is 1.00 bits per heavy atom. The minimum atomic E-state index is 0.639. The molecule has 0 bridgehead atoms. The molecule has 20 heavy (non-hydrogen) atoms. The molecule has 0 aliphatic rings. The molecule has 1 unspecified atom stereocenters. The SMILES string of the molecule is CCCNCCCCCOc1ccc(C(C)CC)cc1. The van der Waals surface area contributed by atoms with E-state index in [2.05, 4.69) is 50.4 Å². The van der Waals surface area contributed by atoms with Crippen LogP contribution in [-0.4, -0.2) is 19.7 Å². The van der Waals surface area contributed by atoms with Gasteiger partial charge >= 0.3 is 0 Å². The maximum atomic E-state index is 5.78. The third-order valence-electron chi connectivity index (χ3n) is 3.75. The van der Waals surface area contributed by atoms with Crippen molar-refractivity contribution >= 4 is 0 Å². The normalized spacial score (nSPS) is 12.3. The molecule has 0 radical (unpaired) electrons. The summed E-state index contributed by atoms with van der Waals surface area (Å²) in [7, 11) is 0. The zero-order chi connectivity index (χ0) is 14.6. The summed E-state index contributed by atoms with van der Waals surface area (Å²) in [6.07, 6.45) is 6.03. The van der Waals surface area contributed by atoms with Crippen molar-refractivity contribution in [1.82, 2.24) is 5.32 Å². The highest BCUT2D eigenvalue weighted by Crippen LogP contribution is 2.21. The predicted octanol–water partition coefficient (Wildman–Crippen LogP) is 4.75. The first kappa shape index (κ1) is 17.0. The number of nitrogens with one attached hydrogen (secondary N) is 1. The highest BCUT2D eigenvalue weighted by atomic mass is 16.5. The summed E-state index contributed by atoms with van der Waals surface area (Å²) in [6, 6.07) is 8.59. The first-order chi connectivity index (χ1) is 9.77. The van der Waals surface area contributed by atoms with Crippen LogP contribution < -0.4 is 10.1 Å². The molecule has 1 aromatic rings. The van der Waals surface area contributed by atoms with E-state index in [4.69, 9.17) is 4.74 Å². The zero-order valence-corrected chi connectivity index (χ0v) is 13.5. The Balaban J connectivity index is 2.10. The van der Waals surface area contributed by atoms with Crippen molar-refractivity contribution in [3.63, 3.8) is 0 Å². The molecular weight excluding hydrogens is 246 g/mol. The van der Waals surface area contributed by atoms with Crippen molar-refractivity contribution in [3.05, 3.63) is 29.8 Å². The van der Waals surface area contributed by atoms with Crippen LogP contribution in [0.1, 0.15) is 64.4 Å². The second-order valence-electron chi connectivity index (χ2n) is 5.54. The Morgan fingerprint density at radius 2 is 1.75 bits per heavy atom. The van der Waals surface area contributed by atoms with Crippen molar-refractivity contribution in [2.75, 3.05) is 19.7 Å². The van der Waals surface area contributed by atoms with Crippen molar-refractivity contribution < 1.29 is 4.74 Å². The predicted molar refractivity (Wildman–Crippen MR) is 87.7 cm³/mol. The van der Waals surface area contributed by atoms with Gasteiger partial charge in [-0.1, -0.05) is 32.9 Å². The number of hydrogen-bond acceptors (Lipinski definition) is 2. The Hall–Kier alpha value is -1.02. The molecule has 0 amide bonds. The second-order valence-corrected chi connectivity index (χ2v) is 5.54. The van der Waals surface area contributed by atoms with Crippen molar-refractivity contribution in [2.24, 2.45) is 0 Å². The Labute approximate surface area is 124 Å². The van der Waals surface area contributed by atoms with E-state index in [1.807, 2.05) is 0 Å². The highest BCUT2D eigenvalue weighted by molar-refractivity contribution is 5.29. The lowest BCUT2D eigenvalue weighted by Crippen LogP contribution is -2.15. The number of unbranched alkanes of at least 4 members (excludes halogenated alkanes) is 2. The van der Waals surface area contributed by atoms with E-state index in [-0.39, 0.29) is 0 Å². The molecular formula is C18H31NO. The van der Waals surface area contributed by atoms with Crippen LogP contribution in [0.15, 0.2) is 24.3 Å². The molecule has 0 fully saturated rings. The standard InChI is InChI=1S/C18H31NO/c1-4-13-19-14-7-6-8-15-20-18-11-9-17(10-12-18)16(3)5-2/h9-12,16,19H,4-8,13-15H2,1-3H3. The maximum Gasteiger partial charge on any atom is 0.119 e. The van der Waals surface area contributed by atoms with Crippen LogP contribution in [0.5, 0.6) is 5.75 Å². The van der Waals surface area contributed by atoms with E-state index in [1.54, 1.807) is 0 Å². The molecule has 0 aliphatic carbocycles. The first-order valence-electron chi connectivity index (χ1n) is 8.21. The minimum absolute atomic E-state index is 0.639. The molecule has 2 nitrogen and oxygen atoms in total. The van der Waals surface area contributed by atoms with E-state index >= 15 is 0 Å². The second kappa shape index (κ2) is 10.7. The maximum absolute atomic E-state index is 5.78. The van der Waals surface area contributed by atoms with E-state index in [0.29, 0.717) is 5.92 Å². The van der Waals surface area contributed by atoms with Crippen LogP contribution >= 0.6 is 0 Å². The number of benzene rings is 1. The van der Waals surface area contributed by atoms with Gasteiger partial charge in [-0.2, -0.15) is 0 Å². The lowest BCUT2D eigenvalue weighted by molar-refractivity contribution is 0.305. The van der Waals surface area contributed by atoms with Gasteiger partial charge in [0.2, 0.25) is 0 Å². The molecule has 114 valence electrons. The van der Waals surface area contributed by atoms with Gasteiger partial charge in [-0.3, -0.25) is 0 Å². The van der Waals surface area contributed by atoms with Crippen LogP contribution in [0.2, 0.25) is 0 Å². The fraction of sp³-hybridized carbons (Fsp3) is 0.667. The summed E-state index contributed by atoms with van der Waals surface area (Å²) in [5.74, 6) is 1.64. The van der Waals surface area contributed by atoms with Crippen LogP contribution in [0, 0.1) is 0 Å². The first-order valence-corrected chi connectivity index (χ1v) is 8.21. The summed E-state index contributed by atoms with van der Waals surface area (Å²) in [5, 5.41) is 3.43. The molecule has 0 saturated carbocycles. The van der Waals surface area contributed by atoms with E-state index in [0.717, 1.165) is 31.9 Å². The molecule has 1 rings (SSSR count). The summed E-state index contributed by atoms with van der Waals surface area (Å²) in [6.45, 7) is 9.80. The summed E-state index contributed by atoms with van der Waals surface area (Å²) < 4.78 is 5.78. The third kappa shape index (κ3) is 6.95. The third-order valence-corrected chi connectivity index (χ3v) is 3.75. The Bertz CT molecular complexity index is 334. The summed E-state index contributed by atoms with van der Waals surface area (Å²) in [5.41, 5.74) is 1.40. The zero-order valence-electron chi connectivity index (χ0n) is 13.5. The molecule has 2 heteroatoms. The van der Waals surface area contributed by atoms with Gasteiger partial charge in [0, 0.05) is 0 Å². The largest absolute Gasteiger partial charge is 0.494 e. The van der Waals surface area contributed by atoms with Gasteiger partial charge in [-0.15, -0.1) is 0 Å². The molecule has 0 aromatic heterocycles. The topological polar surface area (TPSA) is 21.3 Å². The Kier molecular flexibility index (Phi) is 9.14. The quantitative estimate of drug-likeness (QED) is 0.589. The highest BCUT2D eigenvalue weighted by Gasteiger charge is 2.02. The van der Waals surface area contributed by atoms with Gasteiger partial charge in [0.1, 0.15) is 5.75 Å². The molecule has 0 spiro atoms. The number of hydrogen-bond donors (Lipinski definition) is 1. The fourth-order valence-electron chi connectivity index (χ4n) is 2.15. The van der Waals surface area contributed by atoms with E-state index in [9.17, 15) is 0 Å². The fourth-order valence-corrected chi connectivity index (χ4v) is 2.15. The van der Waals surface area contributed by atoms with Gasteiger partial charge < -0.3 is 10.1 Å². The average molecular weight is 277 g/mol. The monoisotopic (exact) mass is 277 g/mol. The van der Waals surface area contributed by atoms with Gasteiger partial charge in [-0.25, -0.2) is 0 Å². The van der Waals surface area contributed by atoms with Crippen LogP contribution in [0.25, 0.3) is 0 Å². The molecule has 1 aromatic carbocycles. The summed E-state index contributed by atoms with van der Waals surface area (Å²) in [4.78, 5) is 0. The van der Waals surface area contributed by atoms with Crippen LogP contribution in [0.4, 0.5) is 0 Å². The van der Waals surface area contributed by atoms with Gasteiger partial charge in [0.05, 0.1) is 6.61 Å². The molecule has 0 aliphatic heterocycles. The van der Waals surface area contributed by atoms with Gasteiger partial charge in [0.15, 0.2) is 0 Å². The van der Waals surface area contributed by atoms with Gasteiger partial charge in [0.25, 0.3) is 0 Å². The average Bonchev–Trinajstić information content (AvgIpc) is 2.50. The van der Waals surface area contributed by atoms with Crippen molar-refractivity contribution in [1.29, 1.82) is 0 Å². The van der Waals surface area contributed by atoms with Crippen molar-refractivity contribution in [2.45, 2.75) is 58.8 Å². The minimum Gasteiger partial charge on any atom is -0.494 e. The van der Waals surface area contributed by atoms with Crippen molar-refractivity contribution in [3.8, 4) is 5.75 Å². The van der Waals surface area contributed by atoms with E-state index in [1.165, 1.54) is 31.2 Å². The van der Waals surface area contributed by atoms with Crippen LogP contribution in [0.3, 0.4) is 0 Å². The van der Waals surface area contributed by atoms with E-state index < -0.39 is 0 Å². The lowest BCUT2D eigenvalue weighted by Gasteiger charge is -2.10. The Morgan fingerprint density at radius 3 is 2.40 bits per heavy atom. The molecule has 1 N–H and O–H groups in total. The summed E-state index contributed by atoms with van der Waals surface area (Å²) >= 11 is 0. The number of ether oxygens (including phenoxy) is 1. The molecule has 0 saturated heterocycles.